The Balaban J connectivity index is 2.62. The molecule has 0 aromatic rings. The Kier molecular flexibility index (Phi) is 4.11. The van der Waals surface area contributed by atoms with E-state index in [0.717, 1.165) is 0 Å². The second kappa shape index (κ2) is 4.94. The summed E-state index contributed by atoms with van der Waals surface area (Å²) in [4.78, 5) is 11.4. The van der Waals surface area contributed by atoms with Gasteiger partial charge in [0.05, 0.1) is 18.1 Å². The lowest BCUT2D eigenvalue weighted by atomic mass is 9.84. The van der Waals surface area contributed by atoms with Crippen LogP contribution in [0.1, 0.15) is 33.6 Å². The minimum Gasteiger partial charge on any atom is -0.462 e. The van der Waals surface area contributed by atoms with Crippen LogP contribution in [-0.2, 0) is 9.53 Å². The van der Waals surface area contributed by atoms with Crippen LogP contribution < -0.4 is 0 Å². The maximum atomic E-state index is 11.4. The molecule has 0 spiro atoms. The van der Waals surface area contributed by atoms with Crippen LogP contribution >= 0.6 is 0 Å². The van der Waals surface area contributed by atoms with E-state index in [1.54, 1.807) is 6.92 Å². The Bertz CT molecular complexity index is 229. The van der Waals surface area contributed by atoms with Gasteiger partial charge in [-0.2, -0.15) is 0 Å². The van der Waals surface area contributed by atoms with Crippen molar-refractivity contribution in [2.75, 3.05) is 0 Å². The zero-order valence-corrected chi connectivity index (χ0v) is 9.51. The quantitative estimate of drug-likeness (QED) is 0.682. The van der Waals surface area contributed by atoms with Gasteiger partial charge in [0.2, 0.25) is 0 Å². The molecular formula is C11H20O4. The number of esters is 1. The lowest BCUT2D eigenvalue weighted by molar-refractivity contribution is -0.179. The number of ether oxygens (including phenoxy) is 1. The summed E-state index contributed by atoms with van der Waals surface area (Å²) < 4.78 is 5.19. The number of hydrogen-bond acceptors (Lipinski definition) is 4. The molecule has 1 fully saturated rings. The van der Waals surface area contributed by atoms with E-state index in [-0.39, 0.29) is 18.0 Å². The van der Waals surface area contributed by atoms with Gasteiger partial charge in [0.15, 0.2) is 0 Å². The molecule has 0 saturated carbocycles. The molecule has 1 aliphatic heterocycles. The van der Waals surface area contributed by atoms with E-state index in [0.29, 0.717) is 12.8 Å². The second-order valence-electron chi connectivity index (χ2n) is 4.41. The van der Waals surface area contributed by atoms with Crippen molar-refractivity contribution in [1.82, 2.24) is 0 Å². The molecule has 0 amide bonds. The maximum absolute atomic E-state index is 11.4. The van der Waals surface area contributed by atoms with Crippen LogP contribution in [-0.4, -0.2) is 34.5 Å². The predicted octanol–water partition coefficient (Wildman–Crippen LogP) is 0.706. The zero-order valence-electron chi connectivity index (χ0n) is 9.51. The molecular weight excluding hydrogens is 196 g/mol. The van der Waals surface area contributed by atoms with Gasteiger partial charge in [-0.1, -0.05) is 13.8 Å². The monoisotopic (exact) mass is 216 g/mol. The van der Waals surface area contributed by atoms with E-state index in [9.17, 15) is 15.0 Å². The third-order valence-corrected chi connectivity index (χ3v) is 3.25. The fourth-order valence-corrected chi connectivity index (χ4v) is 1.88. The standard InChI is InChI=1S/C11H20O4/c1-4-8(12)5-9-6(2)10(13)7(3)11(14)15-9/h6-10,12-13H,4-5H2,1-3H3/t6-,7+,8?,9+,10-/m0/s1. The van der Waals surface area contributed by atoms with Gasteiger partial charge in [-0.05, 0) is 13.3 Å². The molecule has 2 N–H and O–H groups in total. The zero-order chi connectivity index (χ0) is 11.6. The molecule has 1 aliphatic rings. The summed E-state index contributed by atoms with van der Waals surface area (Å²) in [6.45, 7) is 5.38. The van der Waals surface area contributed by atoms with Crippen molar-refractivity contribution >= 4 is 5.97 Å². The van der Waals surface area contributed by atoms with Crippen LogP contribution in [0.4, 0.5) is 0 Å². The van der Waals surface area contributed by atoms with Crippen molar-refractivity contribution in [2.45, 2.75) is 51.9 Å². The first kappa shape index (κ1) is 12.5. The number of aliphatic hydroxyl groups excluding tert-OH is 2. The molecule has 5 atom stereocenters. The van der Waals surface area contributed by atoms with Gasteiger partial charge < -0.3 is 14.9 Å². The molecule has 4 nitrogen and oxygen atoms in total. The van der Waals surface area contributed by atoms with Gasteiger partial charge in [0.1, 0.15) is 6.10 Å². The predicted molar refractivity (Wildman–Crippen MR) is 55.1 cm³/mol. The molecule has 15 heavy (non-hydrogen) atoms. The van der Waals surface area contributed by atoms with Crippen molar-refractivity contribution in [3.05, 3.63) is 0 Å². The molecule has 1 unspecified atom stereocenters. The summed E-state index contributed by atoms with van der Waals surface area (Å²) in [5.74, 6) is -0.942. The van der Waals surface area contributed by atoms with Crippen LogP contribution in [0.2, 0.25) is 0 Å². The third kappa shape index (κ3) is 2.69. The van der Waals surface area contributed by atoms with Crippen LogP contribution in [0.15, 0.2) is 0 Å². The van der Waals surface area contributed by atoms with E-state index < -0.39 is 18.1 Å². The first-order valence-corrected chi connectivity index (χ1v) is 5.54. The Morgan fingerprint density at radius 2 is 2.07 bits per heavy atom. The topological polar surface area (TPSA) is 66.8 Å². The van der Waals surface area contributed by atoms with Crippen molar-refractivity contribution in [2.24, 2.45) is 11.8 Å². The molecule has 0 aromatic heterocycles. The van der Waals surface area contributed by atoms with E-state index in [4.69, 9.17) is 4.74 Å². The molecule has 1 saturated heterocycles. The number of hydrogen-bond donors (Lipinski definition) is 2. The highest BCUT2D eigenvalue weighted by molar-refractivity contribution is 5.73. The summed E-state index contributed by atoms with van der Waals surface area (Å²) in [6.07, 6.45) is -0.454. The highest BCUT2D eigenvalue weighted by atomic mass is 16.5. The Labute approximate surface area is 90.2 Å². The molecule has 1 heterocycles. The highest BCUT2D eigenvalue weighted by Crippen LogP contribution is 2.29. The van der Waals surface area contributed by atoms with Gasteiger partial charge in [0.25, 0.3) is 0 Å². The van der Waals surface area contributed by atoms with Gasteiger partial charge in [-0.15, -0.1) is 0 Å². The van der Waals surface area contributed by atoms with E-state index >= 15 is 0 Å². The average molecular weight is 216 g/mol. The van der Waals surface area contributed by atoms with Gasteiger partial charge in [-0.25, -0.2) is 0 Å². The van der Waals surface area contributed by atoms with Gasteiger partial charge in [-0.3, -0.25) is 4.79 Å². The van der Waals surface area contributed by atoms with Crippen molar-refractivity contribution in [3.63, 3.8) is 0 Å². The molecule has 0 radical (unpaired) electrons. The summed E-state index contributed by atoms with van der Waals surface area (Å²) in [5.41, 5.74) is 0. The number of aliphatic hydroxyl groups is 2. The molecule has 88 valence electrons. The Morgan fingerprint density at radius 1 is 1.47 bits per heavy atom. The van der Waals surface area contributed by atoms with E-state index in [2.05, 4.69) is 0 Å². The summed E-state index contributed by atoms with van der Waals surface area (Å²) in [6, 6.07) is 0. The van der Waals surface area contributed by atoms with E-state index in [1.165, 1.54) is 0 Å². The van der Waals surface area contributed by atoms with Crippen molar-refractivity contribution in [3.8, 4) is 0 Å². The van der Waals surface area contributed by atoms with Crippen LogP contribution in [0, 0.1) is 11.8 Å². The Hall–Kier alpha value is -0.610. The lowest BCUT2D eigenvalue weighted by Gasteiger charge is -2.37. The molecule has 1 rings (SSSR count). The van der Waals surface area contributed by atoms with Crippen LogP contribution in [0.25, 0.3) is 0 Å². The minimum absolute atomic E-state index is 0.112. The van der Waals surface area contributed by atoms with Crippen LogP contribution in [0.5, 0.6) is 0 Å². The van der Waals surface area contributed by atoms with Crippen LogP contribution in [0.3, 0.4) is 0 Å². The van der Waals surface area contributed by atoms with E-state index in [1.807, 2.05) is 13.8 Å². The Morgan fingerprint density at radius 3 is 2.60 bits per heavy atom. The summed E-state index contributed by atoms with van der Waals surface area (Å²) in [7, 11) is 0. The summed E-state index contributed by atoms with van der Waals surface area (Å²) >= 11 is 0. The fourth-order valence-electron chi connectivity index (χ4n) is 1.88. The van der Waals surface area contributed by atoms with Crippen molar-refractivity contribution in [1.29, 1.82) is 0 Å². The fraction of sp³-hybridized carbons (Fsp3) is 0.909. The SMILES string of the molecule is CCC(O)C[C@H]1OC(=O)[C@H](C)[C@@H](O)[C@H]1C. The van der Waals surface area contributed by atoms with Gasteiger partial charge >= 0.3 is 5.97 Å². The second-order valence-corrected chi connectivity index (χ2v) is 4.41. The largest absolute Gasteiger partial charge is 0.462 e. The smallest absolute Gasteiger partial charge is 0.311 e. The number of carbonyl (C=O) groups excluding carboxylic acids is 1. The maximum Gasteiger partial charge on any atom is 0.311 e. The molecule has 0 aliphatic carbocycles. The molecule has 4 heteroatoms. The number of rotatable bonds is 3. The molecule has 0 aromatic carbocycles. The number of carbonyl (C=O) groups is 1. The number of cyclic esters (lactones) is 1. The summed E-state index contributed by atoms with van der Waals surface area (Å²) in [5, 5.41) is 19.3. The van der Waals surface area contributed by atoms with Gasteiger partial charge in [0, 0.05) is 12.3 Å². The highest BCUT2D eigenvalue weighted by Gasteiger charge is 2.40. The minimum atomic E-state index is -0.666. The molecule has 0 bridgehead atoms. The average Bonchev–Trinajstić information content (AvgIpc) is 2.22. The normalized spacial score (nSPS) is 38.6. The lowest BCUT2D eigenvalue weighted by Crippen LogP contribution is -2.47. The first-order chi connectivity index (χ1) is 6.97. The van der Waals surface area contributed by atoms with Crippen molar-refractivity contribution < 1.29 is 19.7 Å². The first-order valence-electron chi connectivity index (χ1n) is 5.54. The third-order valence-electron chi connectivity index (χ3n) is 3.25.